The van der Waals surface area contributed by atoms with E-state index in [1.165, 1.54) is 23.9 Å². The standard InChI is InChI=1S/C26H32N2O3/c1-8-11-28-23-14-24(30-6)20(12-21(23)18(3)15-26(28,4)5)16-27-22-13-19(25(29)31-7)10-9-17(22)2/h9-10,12-16H,8,11H2,1-7H3. The molecule has 0 amide bonds. The lowest BCUT2D eigenvalue weighted by molar-refractivity contribution is 0.0601. The first-order valence-electron chi connectivity index (χ1n) is 10.6. The lowest BCUT2D eigenvalue weighted by Gasteiger charge is -2.43. The number of carbonyl (C=O) groups excluding carboxylic acids is 1. The molecule has 0 saturated heterocycles. The number of benzene rings is 2. The van der Waals surface area contributed by atoms with Gasteiger partial charge in [0, 0.05) is 35.6 Å². The van der Waals surface area contributed by atoms with Crippen LogP contribution in [0.15, 0.2) is 41.4 Å². The first-order chi connectivity index (χ1) is 14.7. The number of anilines is 1. The van der Waals surface area contributed by atoms with Crippen LogP contribution in [0.5, 0.6) is 5.75 Å². The molecule has 0 saturated carbocycles. The number of nitrogens with zero attached hydrogens (tertiary/aromatic N) is 2. The third kappa shape index (κ3) is 4.50. The molecule has 0 bridgehead atoms. The number of rotatable bonds is 6. The molecule has 0 aromatic heterocycles. The molecule has 0 atom stereocenters. The average molecular weight is 421 g/mol. The van der Waals surface area contributed by atoms with Gasteiger partial charge in [0.05, 0.1) is 31.0 Å². The van der Waals surface area contributed by atoms with Gasteiger partial charge in [-0.25, -0.2) is 4.79 Å². The quantitative estimate of drug-likeness (QED) is 0.428. The van der Waals surface area contributed by atoms with Crippen LogP contribution in [-0.4, -0.2) is 38.5 Å². The van der Waals surface area contributed by atoms with Crippen LogP contribution in [0.2, 0.25) is 0 Å². The predicted octanol–water partition coefficient (Wildman–Crippen LogP) is 5.95. The van der Waals surface area contributed by atoms with Crippen molar-refractivity contribution in [2.45, 2.75) is 46.6 Å². The second kappa shape index (κ2) is 8.96. The maximum atomic E-state index is 11.9. The Morgan fingerprint density at radius 3 is 2.55 bits per heavy atom. The van der Waals surface area contributed by atoms with Crippen LogP contribution in [0.3, 0.4) is 0 Å². The number of ether oxygens (including phenoxy) is 2. The second-order valence-corrected chi connectivity index (χ2v) is 8.50. The monoisotopic (exact) mass is 420 g/mol. The molecule has 0 fully saturated rings. The van der Waals surface area contributed by atoms with Crippen LogP contribution in [0.1, 0.15) is 61.2 Å². The molecule has 0 N–H and O–H groups in total. The molecule has 5 heteroatoms. The minimum atomic E-state index is -0.373. The van der Waals surface area contributed by atoms with Gasteiger partial charge in [0.1, 0.15) is 5.75 Å². The minimum absolute atomic E-state index is 0.0564. The summed E-state index contributed by atoms with van der Waals surface area (Å²) < 4.78 is 10.6. The van der Waals surface area contributed by atoms with Crippen molar-refractivity contribution in [1.82, 2.24) is 0 Å². The summed E-state index contributed by atoms with van der Waals surface area (Å²) in [6.07, 6.45) is 5.19. The molecule has 1 heterocycles. The minimum Gasteiger partial charge on any atom is -0.496 e. The maximum Gasteiger partial charge on any atom is 0.337 e. The highest BCUT2D eigenvalue weighted by atomic mass is 16.5. The number of hydrogen-bond donors (Lipinski definition) is 0. The Bertz CT molecular complexity index is 1050. The van der Waals surface area contributed by atoms with Crippen molar-refractivity contribution >= 4 is 29.1 Å². The zero-order valence-corrected chi connectivity index (χ0v) is 19.6. The molecular formula is C26H32N2O3. The molecule has 5 nitrogen and oxygen atoms in total. The molecule has 1 aliphatic heterocycles. The lowest BCUT2D eigenvalue weighted by Crippen LogP contribution is -2.45. The Hall–Kier alpha value is -3.08. The van der Waals surface area contributed by atoms with E-state index in [4.69, 9.17) is 9.47 Å². The van der Waals surface area contributed by atoms with Crippen LogP contribution < -0.4 is 9.64 Å². The Morgan fingerprint density at radius 1 is 1.16 bits per heavy atom. The molecule has 2 aromatic carbocycles. The zero-order valence-electron chi connectivity index (χ0n) is 19.6. The van der Waals surface area contributed by atoms with Crippen LogP contribution in [0, 0.1) is 6.92 Å². The summed E-state index contributed by atoms with van der Waals surface area (Å²) in [5.74, 6) is 0.401. The number of esters is 1. The van der Waals surface area contributed by atoms with Gasteiger partial charge in [0.25, 0.3) is 0 Å². The number of allylic oxidation sites excluding steroid dienone is 1. The summed E-state index contributed by atoms with van der Waals surface area (Å²) in [7, 11) is 3.06. The number of hydrogen-bond acceptors (Lipinski definition) is 5. The van der Waals surface area contributed by atoms with E-state index in [2.05, 4.69) is 55.8 Å². The van der Waals surface area contributed by atoms with Crippen molar-refractivity contribution in [3.63, 3.8) is 0 Å². The molecular weight excluding hydrogens is 388 g/mol. The summed E-state index contributed by atoms with van der Waals surface area (Å²) in [5.41, 5.74) is 6.64. The lowest BCUT2D eigenvalue weighted by atomic mass is 9.87. The summed E-state index contributed by atoms with van der Waals surface area (Å²) >= 11 is 0. The first kappa shape index (κ1) is 22.6. The van der Waals surface area contributed by atoms with E-state index in [1.807, 2.05) is 13.0 Å². The van der Waals surface area contributed by atoms with Gasteiger partial charge in [0.2, 0.25) is 0 Å². The van der Waals surface area contributed by atoms with Crippen LogP contribution in [0.25, 0.3) is 5.57 Å². The number of carbonyl (C=O) groups is 1. The smallest absolute Gasteiger partial charge is 0.337 e. The number of aliphatic imine (C=N–C) groups is 1. The highest BCUT2D eigenvalue weighted by Crippen LogP contribution is 2.42. The van der Waals surface area contributed by atoms with Gasteiger partial charge >= 0.3 is 5.97 Å². The largest absolute Gasteiger partial charge is 0.496 e. The summed E-state index contributed by atoms with van der Waals surface area (Å²) in [4.78, 5) is 19.0. The van der Waals surface area contributed by atoms with Crippen molar-refractivity contribution in [3.8, 4) is 5.75 Å². The molecule has 2 aromatic rings. The summed E-state index contributed by atoms with van der Waals surface area (Å²) in [5, 5.41) is 0. The van der Waals surface area contributed by atoms with E-state index >= 15 is 0 Å². The van der Waals surface area contributed by atoms with Crippen molar-refractivity contribution in [3.05, 3.63) is 58.7 Å². The Kier molecular flexibility index (Phi) is 6.54. The topological polar surface area (TPSA) is 51.1 Å². The maximum absolute atomic E-state index is 11.9. The third-order valence-electron chi connectivity index (χ3n) is 5.75. The average Bonchev–Trinajstić information content (AvgIpc) is 2.74. The molecule has 0 aliphatic carbocycles. The molecule has 3 rings (SSSR count). The highest BCUT2D eigenvalue weighted by Gasteiger charge is 2.31. The fourth-order valence-electron chi connectivity index (χ4n) is 4.16. The number of methoxy groups -OCH3 is 2. The van der Waals surface area contributed by atoms with Crippen LogP contribution in [-0.2, 0) is 4.74 Å². The van der Waals surface area contributed by atoms with Crippen molar-refractivity contribution in [1.29, 1.82) is 0 Å². The van der Waals surface area contributed by atoms with E-state index in [0.717, 1.165) is 35.5 Å². The van der Waals surface area contributed by atoms with Gasteiger partial charge < -0.3 is 14.4 Å². The fraction of sp³-hybridized carbons (Fsp3) is 0.385. The van der Waals surface area contributed by atoms with Crippen LogP contribution >= 0.6 is 0 Å². The molecule has 0 spiro atoms. The molecule has 31 heavy (non-hydrogen) atoms. The van der Waals surface area contributed by atoms with Crippen molar-refractivity contribution in [2.75, 3.05) is 25.7 Å². The highest BCUT2D eigenvalue weighted by molar-refractivity contribution is 5.93. The Morgan fingerprint density at radius 2 is 1.90 bits per heavy atom. The SMILES string of the molecule is CCCN1c2cc(OC)c(C=Nc3cc(C(=O)OC)ccc3C)cc2C(C)=CC1(C)C. The van der Waals surface area contributed by atoms with Crippen LogP contribution in [0.4, 0.5) is 11.4 Å². The van der Waals surface area contributed by atoms with Gasteiger partial charge in [-0.2, -0.15) is 0 Å². The van der Waals surface area contributed by atoms with Gasteiger partial charge in [-0.1, -0.05) is 19.1 Å². The molecule has 0 unspecified atom stereocenters. The Labute approximate surface area is 185 Å². The van der Waals surface area contributed by atoms with E-state index in [9.17, 15) is 4.79 Å². The van der Waals surface area contributed by atoms with Crippen molar-refractivity contribution in [2.24, 2.45) is 4.99 Å². The summed E-state index contributed by atoms with van der Waals surface area (Å²) in [6.45, 7) is 11.8. The zero-order chi connectivity index (χ0) is 22.8. The second-order valence-electron chi connectivity index (χ2n) is 8.50. The molecule has 164 valence electrons. The molecule has 1 aliphatic rings. The third-order valence-corrected chi connectivity index (χ3v) is 5.75. The first-order valence-corrected chi connectivity index (χ1v) is 10.6. The van der Waals surface area contributed by atoms with Gasteiger partial charge in [-0.15, -0.1) is 0 Å². The molecule has 0 radical (unpaired) electrons. The van der Waals surface area contributed by atoms with E-state index < -0.39 is 0 Å². The predicted molar refractivity (Wildman–Crippen MR) is 128 cm³/mol. The van der Waals surface area contributed by atoms with Gasteiger partial charge in [-0.05, 0) is 63.5 Å². The summed E-state index contributed by atoms with van der Waals surface area (Å²) in [6, 6.07) is 9.63. The normalized spacial score (nSPS) is 14.9. The van der Waals surface area contributed by atoms with Crippen molar-refractivity contribution < 1.29 is 14.3 Å². The number of fused-ring (bicyclic) bond motifs is 1. The van der Waals surface area contributed by atoms with Gasteiger partial charge in [0.15, 0.2) is 0 Å². The van der Waals surface area contributed by atoms with E-state index in [1.54, 1.807) is 25.5 Å². The Balaban J connectivity index is 2.06. The van der Waals surface area contributed by atoms with E-state index in [-0.39, 0.29) is 11.5 Å². The van der Waals surface area contributed by atoms with E-state index in [0.29, 0.717) is 5.56 Å². The van der Waals surface area contributed by atoms with Gasteiger partial charge in [-0.3, -0.25) is 4.99 Å². The number of aryl methyl sites for hydroxylation is 1. The fourth-order valence-corrected chi connectivity index (χ4v) is 4.16.